The number of nitrogens with one attached hydrogen (secondary N) is 1. The lowest BCUT2D eigenvalue weighted by molar-refractivity contribution is 0.110. The van der Waals surface area contributed by atoms with Crippen molar-refractivity contribution in [2.75, 3.05) is 6.54 Å². The van der Waals surface area contributed by atoms with E-state index in [2.05, 4.69) is 36.5 Å². The molecular formula is C14H21NO. The van der Waals surface area contributed by atoms with Crippen LogP contribution in [0.5, 0.6) is 0 Å². The summed E-state index contributed by atoms with van der Waals surface area (Å²) < 4.78 is 0. The second-order valence-corrected chi connectivity index (χ2v) is 4.59. The summed E-state index contributed by atoms with van der Waals surface area (Å²) in [6.07, 6.45) is 4.01. The Morgan fingerprint density at radius 2 is 2.19 bits per heavy atom. The van der Waals surface area contributed by atoms with Crippen LogP contribution in [0.2, 0.25) is 0 Å². The number of unbranched alkanes of at least 4 members (excludes halogenated alkanes) is 1. The first-order chi connectivity index (χ1) is 7.83. The maximum Gasteiger partial charge on any atom is 0.0738 e. The average molecular weight is 219 g/mol. The summed E-state index contributed by atoms with van der Waals surface area (Å²) in [6, 6.07) is 8.60. The molecule has 1 aromatic carbocycles. The van der Waals surface area contributed by atoms with Gasteiger partial charge in [0.05, 0.1) is 12.1 Å². The lowest BCUT2D eigenvalue weighted by Crippen LogP contribution is -2.36. The topological polar surface area (TPSA) is 32.3 Å². The molecule has 2 atom stereocenters. The maximum absolute atomic E-state index is 10.1. The maximum atomic E-state index is 10.1. The van der Waals surface area contributed by atoms with E-state index in [9.17, 15) is 5.11 Å². The van der Waals surface area contributed by atoms with Crippen molar-refractivity contribution in [2.24, 2.45) is 0 Å². The van der Waals surface area contributed by atoms with Gasteiger partial charge in [0.2, 0.25) is 0 Å². The van der Waals surface area contributed by atoms with Crippen LogP contribution in [-0.2, 0) is 6.42 Å². The fourth-order valence-corrected chi connectivity index (χ4v) is 2.42. The van der Waals surface area contributed by atoms with Gasteiger partial charge in [-0.25, -0.2) is 0 Å². The third-order valence-corrected chi connectivity index (χ3v) is 3.38. The molecule has 0 fully saturated rings. The number of rotatable bonds is 4. The Morgan fingerprint density at radius 3 is 3.00 bits per heavy atom. The molecule has 0 heterocycles. The molecule has 1 aliphatic carbocycles. The van der Waals surface area contributed by atoms with E-state index in [0.29, 0.717) is 0 Å². The number of fused-ring (bicyclic) bond motifs is 1. The summed E-state index contributed by atoms with van der Waals surface area (Å²) in [5.74, 6) is 0. The molecule has 1 aliphatic rings. The third kappa shape index (κ3) is 2.45. The number of aliphatic hydroxyl groups is 1. The van der Waals surface area contributed by atoms with Gasteiger partial charge in [-0.3, -0.25) is 0 Å². The predicted octanol–water partition coefficient (Wildman–Crippen LogP) is 2.42. The van der Waals surface area contributed by atoms with Crippen molar-refractivity contribution in [3.05, 3.63) is 35.4 Å². The monoisotopic (exact) mass is 219 g/mol. The fraction of sp³-hybridized carbons (Fsp3) is 0.571. The highest BCUT2D eigenvalue weighted by molar-refractivity contribution is 5.33. The molecule has 0 bridgehead atoms. The molecule has 0 spiro atoms. The molecule has 2 N–H and O–H groups in total. The van der Waals surface area contributed by atoms with Crippen molar-refractivity contribution >= 4 is 0 Å². The van der Waals surface area contributed by atoms with Crippen molar-refractivity contribution in [1.29, 1.82) is 0 Å². The number of hydrogen-bond acceptors (Lipinski definition) is 2. The van der Waals surface area contributed by atoms with Crippen molar-refractivity contribution in [3.8, 4) is 0 Å². The van der Waals surface area contributed by atoms with Gasteiger partial charge in [0, 0.05) is 0 Å². The van der Waals surface area contributed by atoms with Crippen molar-refractivity contribution in [2.45, 2.75) is 44.8 Å². The van der Waals surface area contributed by atoms with Crippen LogP contribution in [0.1, 0.15) is 43.4 Å². The summed E-state index contributed by atoms with van der Waals surface area (Å²) in [7, 11) is 0. The SMILES string of the molecule is CCCCNC1c2ccccc2CCC1O. The zero-order valence-corrected chi connectivity index (χ0v) is 9.95. The predicted molar refractivity (Wildman–Crippen MR) is 66.4 cm³/mol. The highest BCUT2D eigenvalue weighted by Gasteiger charge is 2.26. The molecule has 2 rings (SSSR count). The van der Waals surface area contributed by atoms with Gasteiger partial charge < -0.3 is 10.4 Å². The van der Waals surface area contributed by atoms with Gasteiger partial charge in [-0.05, 0) is 36.9 Å². The Bertz CT molecular complexity index is 337. The molecule has 0 amide bonds. The van der Waals surface area contributed by atoms with Crippen LogP contribution in [0.3, 0.4) is 0 Å². The molecule has 2 nitrogen and oxygen atoms in total. The zero-order chi connectivity index (χ0) is 11.4. The Labute approximate surface area is 97.7 Å². The van der Waals surface area contributed by atoms with Crippen LogP contribution in [0.4, 0.5) is 0 Å². The quantitative estimate of drug-likeness (QED) is 0.762. The molecule has 0 aliphatic heterocycles. The van der Waals surface area contributed by atoms with Gasteiger partial charge in [-0.1, -0.05) is 37.6 Å². The molecule has 2 heteroatoms. The Kier molecular flexibility index (Phi) is 3.97. The zero-order valence-electron chi connectivity index (χ0n) is 9.95. The van der Waals surface area contributed by atoms with Crippen molar-refractivity contribution in [1.82, 2.24) is 5.32 Å². The molecule has 88 valence electrons. The van der Waals surface area contributed by atoms with Gasteiger partial charge in [-0.15, -0.1) is 0 Å². The number of benzene rings is 1. The molecule has 2 unspecified atom stereocenters. The second-order valence-electron chi connectivity index (χ2n) is 4.59. The first-order valence-corrected chi connectivity index (χ1v) is 6.32. The minimum absolute atomic E-state index is 0.136. The van der Waals surface area contributed by atoms with E-state index in [1.165, 1.54) is 24.0 Å². The second kappa shape index (κ2) is 5.46. The van der Waals surface area contributed by atoms with Gasteiger partial charge in [0.25, 0.3) is 0 Å². The highest BCUT2D eigenvalue weighted by Crippen LogP contribution is 2.29. The van der Waals surface area contributed by atoms with E-state index in [0.717, 1.165) is 19.4 Å². The molecule has 0 saturated carbocycles. The van der Waals surface area contributed by atoms with Crippen LogP contribution in [0, 0.1) is 0 Å². The lowest BCUT2D eigenvalue weighted by atomic mass is 9.85. The van der Waals surface area contributed by atoms with E-state index in [1.807, 2.05) is 0 Å². The standard InChI is InChI=1S/C14H21NO/c1-2-3-10-15-14-12-7-5-4-6-11(12)8-9-13(14)16/h4-7,13-16H,2-3,8-10H2,1H3. The molecule has 0 aromatic heterocycles. The number of hydrogen-bond donors (Lipinski definition) is 2. The summed E-state index contributed by atoms with van der Waals surface area (Å²) in [4.78, 5) is 0. The number of aliphatic hydroxyl groups excluding tert-OH is 1. The third-order valence-electron chi connectivity index (χ3n) is 3.38. The van der Waals surface area contributed by atoms with Crippen LogP contribution in [0.25, 0.3) is 0 Å². The minimum Gasteiger partial charge on any atom is -0.391 e. The minimum atomic E-state index is -0.230. The lowest BCUT2D eigenvalue weighted by Gasteiger charge is -2.31. The molecule has 1 aromatic rings. The molecule has 16 heavy (non-hydrogen) atoms. The van der Waals surface area contributed by atoms with E-state index in [1.54, 1.807) is 0 Å². The van der Waals surface area contributed by atoms with Crippen molar-refractivity contribution < 1.29 is 5.11 Å². The summed E-state index contributed by atoms with van der Waals surface area (Å²) in [5.41, 5.74) is 2.68. The summed E-state index contributed by atoms with van der Waals surface area (Å²) >= 11 is 0. The van der Waals surface area contributed by atoms with E-state index >= 15 is 0 Å². The summed E-state index contributed by atoms with van der Waals surface area (Å²) in [6.45, 7) is 3.18. The Balaban J connectivity index is 2.10. The van der Waals surface area contributed by atoms with Gasteiger partial charge in [0.1, 0.15) is 0 Å². The van der Waals surface area contributed by atoms with Gasteiger partial charge in [0.15, 0.2) is 0 Å². The first-order valence-electron chi connectivity index (χ1n) is 6.32. The van der Waals surface area contributed by atoms with Crippen LogP contribution >= 0.6 is 0 Å². The molecule has 0 radical (unpaired) electrons. The largest absolute Gasteiger partial charge is 0.391 e. The normalized spacial score (nSPS) is 24.1. The van der Waals surface area contributed by atoms with E-state index in [4.69, 9.17) is 0 Å². The highest BCUT2D eigenvalue weighted by atomic mass is 16.3. The Hall–Kier alpha value is -0.860. The van der Waals surface area contributed by atoms with Crippen LogP contribution in [-0.4, -0.2) is 17.8 Å². The Morgan fingerprint density at radius 1 is 1.38 bits per heavy atom. The number of aryl methyl sites for hydroxylation is 1. The fourth-order valence-electron chi connectivity index (χ4n) is 2.42. The first kappa shape index (κ1) is 11.6. The smallest absolute Gasteiger partial charge is 0.0738 e. The van der Waals surface area contributed by atoms with Gasteiger partial charge >= 0.3 is 0 Å². The van der Waals surface area contributed by atoms with Gasteiger partial charge in [-0.2, -0.15) is 0 Å². The molecule has 0 saturated heterocycles. The summed E-state index contributed by atoms with van der Waals surface area (Å²) in [5, 5.41) is 13.5. The van der Waals surface area contributed by atoms with Crippen LogP contribution < -0.4 is 5.32 Å². The van der Waals surface area contributed by atoms with Crippen molar-refractivity contribution in [3.63, 3.8) is 0 Å². The van der Waals surface area contributed by atoms with Crippen LogP contribution in [0.15, 0.2) is 24.3 Å². The average Bonchev–Trinajstić information content (AvgIpc) is 2.32. The van der Waals surface area contributed by atoms with E-state index in [-0.39, 0.29) is 12.1 Å². The van der Waals surface area contributed by atoms with E-state index < -0.39 is 0 Å². The molecular weight excluding hydrogens is 198 g/mol.